The lowest BCUT2D eigenvalue weighted by molar-refractivity contribution is -0.156. The van der Waals surface area contributed by atoms with Gasteiger partial charge in [-0.25, -0.2) is 0 Å². The predicted molar refractivity (Wildman–Crippen MR) is 169 cm³/mol. The molecular formula is C36H69NO2. The summed E-state index contributed by atoms with van der Waals surface area (Å²) >= 11 is 0. The fraction of sp³-hybridized carbons (Fsp3) is 0.972. The molecule has 1 saturated heterocycles. The molecule has 0 amide bonds. The van der Waals surface area contributed by atoms with Crippen LogP contribution in [0, 0.1) is 17.8 Å². The predicted octanol–water partition coefficient (Wildman–Crippen LogP) is 10.9. The van der Waals surface area contributed by atoms with Gasteiger partial charge in [-0.2, -0.15) is 0 Å². The first-order valence-electron chi connectivity index (χ1n) is 18.0. The van der Waals surface area contributed by atoms with Crippen LogP contribution in [-0.4, -0.2) is 37.1 Å². The summed E-state index contributed by atoms with van der Waals surface area (Å²) < 4.78 is 6.17. The number of nitrogens with zero attached hydrogens (tertiary/aromatic N) is 1. The second-order valence-corrected chi connectivity index (χ2v) is 13.6. The summed E-state index contributed by atoms with van der Waals surface area (Å²) in [6.45, 7) is 6.65. The Kier molecular flexibility index (Phi) is 20.5. The fourth-order valence-electron chi connectivity index (χ4n) is 6.79. The number of likely N-dealkylation sites (tertiary alicyclic amines) is 1. The lowest BCUT2D eigenvalue weighted by atomic mass is 9.97. The molecule has 39 heavy (non-hydrogen) atoms. The Labute approximate surface area is 245 Å². The first-order chi connectivity index (χ1) is 19.1. The van der Waals surface area contributed by atoms with Crippen molar-refractivity contribution in [1.29, 1.82) is 0 Å². The summed E-state index contributed by atoms with van der Waals surface area (Å²) in [5.41, 5.74) is 0. The van der Waals surface area contributed by atoms with E-state index in [-0.39, 0.29) is 18.0 Å². The highest BCUT2D eigenvalue weighted by Crippen LogP contribution is 2.45. The summed E-state index contributed by atoms with van der Waals surface area (Å²) in [5, 5.41) is 0. The molecule has 2 rings (SSSR count). The van der Waals surface area contributed by atoms with E-state index in [1.165, 1.54) is 141 Å². The molecule has 0 N–H and O–H groups in total. The fourth-order valence-corrected chi connectivity index (χ4v) is 6.79. The van der Waals surface area contributed by atoms with Gasteiger partial charge in [-0.3, -0.25) is 4.79 Å². The van der Waals surface area contributed by atoms with Crippen molar-refractivity contribution < 1.29 is 9.53 Å². The molecule has 0 aromatic rings. The molecule has 1 heterocycles. The number of rotatable bonds is 26. The minimum absolute atomic E-state index is 0.104. The smallest absolute Gasteiger partial charge is 0.309 e. The normalized spacial score (nSPS) is 20.8. The zero-order chi connectivity index (χ0) is 28.0. The molecule has 3 heteroatoms. The minimum atomic E-state index is 0.104. The van der Waals surface area contributed by atoms with E-state index in [0.29, 0.717) is 0 Å². The largest absolute Gasteiger partial charge is 0.462 e. The summed E-state index contributed by atoms with van der Waals surface area (Å²) in [7, 11) is 2.16. The Balaban J connectivity index is 1.52. The Hall–Kier alpha value is -0.570. The topological polar surface area (TPSA) is 29.5 Å². The number of carbonyl (C=O) groups is 1. The molecule has 2 fully saturated rings. The third-order valence-corrected chi connectivity index (χ3v) is 9.81. The summed E-state index contributed by atoms with van der Waals surface area (Å²) in [6.07, 6.45) is 34.9. The van der Waals surface area contributed by atoms with Gasteiger partial charge in [0, 0.05) is 0 Å². The van der Waals surface area contributed by atoms with Crippen LogP contribution in [0.25, 0.3) is 0 Å². The molecular weight excluding hydrogens is 478 g/mol. The van der Waals surface area contributed by atoms with Crippen molar-refractivity contribution in [3.63, 3.8) is 0 Å². The molecule has 3 atom stereocenters. The van der Waals surface area contributed by atoms with E-state index in [0.717, 1.165) is 50.6 Å². The van der Waals surface area contributed by atoms with Crippen LogP contribution >= 0.6 is 0 Å². The zero-order valence-electron chi connectivity index (χ0n) is 26.9. The van der Waals surface area contributed by atoms with Crippen LogP contribution in [0.15, 0.2) is 0 Å². The van der Waals surface area contributed by atoms with E-state index < -0.39 is 0 Å². The van der Waals surface area contributed by atoms with Gasteiger partial charge in [-0.05, 0) is 76.9 Å². The molecule has 230 valence electrons. The van der Waals surface area contributed by atoms with Crippen LogP contribution in [-0.2, 0) is 9.53 Å². The molecule has 1 saturated carbocycles. The van der Waals surface area contributed by atoms with Gasteiger partial charge in [0.2, 0.25) is 0 Å². The molecule has 1 aliphatic heterocycles. The van der Waals surface area contributed by atoms with Gasteiger partial charge in [0.05, 0.1) is 5.92 Å². The summed E-state index contributed by atoms with van der Waals surface area (Å²) in [5.74, 6) is 2.38. The highest BCUT2D eigenvalue weighted by Gasteiger charge is 2.35. The zero-order valence-corrected chi connectivity index (χ0v) is 26.9. The summed E-state index contributed by atoms with van der Waals surface area (Å²) in [6, 6.07) is 0. The first-order valence-corrected chi connectivity index (χ1v) is 18.0. The van der Waals surface area contributed by atoms with Gasteiger partial charge in [0.25, 0.3) is 0 Å². The van der Waals surface area contributed by atoms with Crippen LogP contribution in [0.1, 0.15) is 181 Å². The lowest BCUT2D eigenvalue weighted by Crippen LogP contribution is -2.35. The average molecular weight is 548 g/mol. The maximum Gasteiger partial charge on any atom is 0.309 e. The quantitative estimate of drug-likeness (QED) is 0.0796. The highest BCUT2D eigenvalue weighted by molar-refractivity contribution is 5.72. The second-order valence-electron chi connectivity index (χ2n) is 13.6. The van der Waals surface area contributed by atoms with Gasteiger partial charge in [-0.1, -0.05) is 136 Å². The number of hydrogen-bond acceptors (Lipinski definition) is 3. The third-order valence-electron chi connectivity index (χ3n) is 9.81. The monoisotopic (exact) mass is 548 g/mol. The van der Waals surface area contributed by atoms with Gasteiger partial charge in [0.1, 0.15) is 6.10 Å². The van der Waals surface area contributed by atoms with Crippen molar-refractivity contribution in [2.75, 3.05) is 20.1 Å². The first kappa shape index (κ1) is 34.6. The Morgan fingerprint density at radius 2 is 1.05 bits per heavy atom. The van der Waals surface area contributed by atoms with Crippen molar-refractivity contribution in [2.45, 2.75) is 187 Å². The van der Waals surface area contributed by atoms with E-state index >= 15 is 0 Å². The molecule has 0 spiro atoms. The van der Waals surface area contributed by atoms with E-state index in [2.05, 4.69) is 25.8 Å². The Bertz CT molecular complexity index is 570. The standard InChI is InChI=1S/C36H69NO2/c1-4-6-8-10-12-13-17-21-25-35(39-36(38)32-27-29-37(3)30-28-32)26-22-18-14-16-20-24-34-31-33(34)23-19-15-11-9-7-5-2/h32-35H,4-31H2,1-3H3. The van der Waals surface area contributed by atoms with Crippen molar-refractivity contribution in [2.24, 2.45) is 17.8 Å². The molecule has 2 aliphatic rings. The van der Waals surface area contributed by atoms with Gasteiger partial charge in [0.15, 0.2) is 0 Å². The van der Waals surface area contributed by atoms with Crippen molar-refractivity contribution in [3.05, 3.63) is 0 Å². The number of esters is 1. The number of ether oxygens (including phenoxy) is 1. The molecule has 0 aromatic heterocycles. The van der Waals surface area contributed by atoms with E-state index in [1.54, 1.807) is 0 Å². The van der Waals surface area contributed by atoms with Crippen LogP contribution < -0.4 is 0 Å². The highest BCUT2D eigenvalue weighted by atomic mass is 16.5. The number of piperidine rings is 1. The van der Waals surface area contributed by atoms with Crippen LogP contribution in [0.5, 0.6) is 0 Å². The van der Waals surface area contributed by atoms with E-state index in [9.17, 15) is 4.79 Å². The Morgan fingerprint density at radius 1 is 0.641 bits per heavy atom. The van der Waals surface area contributed by atoms with Crippen LogP contribution in [0.3, 0.4) is 0 Å². The third kappa shape index (κ3) is 17.8. The molecule has 3 unspecified atom stereocenters. The molecule has 0 aromatic carbocycles. The number of carbonyl (C=O) groups excluding carboxylic acids is 1. The van der Waals surface area contributed by atoms with Crippen molar-refractivity contribution in [3.8, 4) is 0 Å². The maximum absolute atomic E-state index is 12.9. The lowest BCUT2D eigenvalue weighted by Gasteiger charge is -2.29. The van der Waals surface area contributed by atoms with E-state index in [1.807, 2.05) is 0 Å². The molecule has 1 aliphatic carbocycles. The number of unbranched alkanes of at least 4 members (excludes halogenated alkanes) is 16. The van der Waals surface area contributed by atoms with Crippen molar-refractivity contribution >= 4 is 5.97 Å². The van der Waals surface area contributed by atoms with Gasteiger partial charge < -0.3 is 9.64 Å². The molecule has 0 bridgehead atoms. The maximum atomic E-state index is 12.9. The number of hydrogen-bond donors (Lipinski definition) is 0. The van der Waals surface area contributed by atoms with Gasteiger partial charge in [-0.15, -0.1) is 0 Å². The van der Waals surface area contributed by atoms with Crippen LogP contribution in [0.2, 0.25) is 0 Å². The Morgan fingerprint density at radius 3 is 1.51 bits per heavy atom. The molecule has 3 nitrogen and oxygen atoms in total. The van der Waals surface area contributed by atoms with Gasteiger partial charge >= 0.3 is 5.97 Å². The van der Waals surface area contributed by atoms with E-state index in [4.69, 9.17) is 4.74 Å². The average Bonchev–Trinajstić information content (AvgIpc) is 3.69. The molecule has 0 radical (unpaired) electrons. The summed E-state index contributed by atoms with van der Waals surface area (Å²) in [4.78, 5) is 15.2. The second kappa shape index (κ2) is 23.0. The minimum Gasteiger partial charge on any atom is -0.462 e. The van der Waals surface area contributed by atoms with Crippen LogP contribution in [0.4, 0.5) is 0 Å². The van der Waals surface area contributed by atoms with Crippen molar-refractivity contribution in [1.82, 2.24) is 4.90 Å². The SMILES string of the molecule is CCCCCCCCCCC(CCCCCCCC1CC1CCCCCCCC)OC(=O)C1CCN(C)CC1.